The molecule has 396 valence electrons. The van der Waals surface area contributed by atoms with Crippen molar-refractivity contribution in [1.82, 2.24) is 30.1 Å². The molecule has 21 heteroatoms. The van der Waals surface area contributed by atoms with Crippen molar-refractivity contribution in [2.75, 3.05) is 39.5 Å². The highest BCUT2D eigenvalue weighted by Crippen LogP contribution is 2.34. The number of nitrogens with one attached hydrogen (secondary N) is 2. The van der Waals surface area contributed by atoms with Gasteiger partial charge in [0.15, 0.2) is 17.6 Å². The molecule has 3 rings (SSSR count). The number of rotatable bonds is 22. The summed E-state index contributed by atoms with van der Waals surface area (Å²) in [5.74, 6) is -6.87. The number of aliphatic carboxylic acids is 1. The molecule has 3 N–H and O–H groups in total. The summed E-state index contributed by atoms with van der Waals surface area (Å²) < 4.78 is 11.4. The minimum atomic E-state index is -1.10. The largest absolute Gasteiger partial charge is 0.481 e. The van der Waals surface area contributed by atoms with Crippen molar-refractivity contribution in [3.8, 4) is 5.75 Å². The van der Waals surface area contributed by atoms with Gasteiger partial charge in [0.05, 0.1) is 36.7 Å². The minimum absolute atomic E-state index is 0.000681. The van der Waals surface area contributed by atoms with E-state index in [0.717, 1.165) is 27.4 Å². The third kappa shape index (κ3) is 17.2. The van der Waals surface area contributed by atoms with Crippen LogP contribution >= 0.6 is 27.3 Å². The van der Waals surface area contributed by atoms with E-state index in [2.05, 4.69) is 31.5 Å². The summed E-state index contributed by atoms with van der Waals surface area (Å²) in [6.07, 6.45) is 3.25. The van der Waals surface area contributed by atoms with Crippen LogP contribution in [0.15, 0.2) is 46.8 Å². The Bertz CT molecular complexity index is 2350. The van der Waals surface area contributed by atoms with Crippen LogP contribution in [-0.4, -0.2) is 135 Å². The zero-order chi connectivity index (χ0) is 54.2. The molecule has 0 saturated heterocycles. The number of allylic oxidation sites excluding steroid dienone is 1. The first-order valence-corrected chi connectivity index (χ1v) is 25.8. The lowest BCUT2D eigenvalue weighted by molar-refractivity contribution is -0.159. The molecule has 2 heterocycles. The van der Waals surface area contributed by atoms with Gasteiger partial charge in [0.1, 0.15) is 10.7 Å². The summed E-state index contributed by atoms with van der Waals surface area (Å²) in [6.45, 7) is 15.4. The predicted octanol–water partition coefficient (Wildman–Crippen LogP) is 6.73. The Morgan fingerprint density at radius 2 is 1.64 bits per heavy atom. The smallest absolute Gasteiger partial charge is 0.313 e. The lowest BCUT2D eigenvalue weighted by Gasteiger charge is -2.38. The van der Waals surface area contributed by atoms with Crippen molar-refractivity contribution in [2.24, 2.45) is 23.7 Å². The number of carboxylic acid groups (broad SMARTS) is 1. The van der Waals surface area contributed by atoms with Gasteiger partial charge in [-0.1, -0.05) is 69.1 Å². The van der Waals surface area contributed by atoms with Crippen molar-refractivity contribution in [3.05, 3.63) is 63.1 Å². The molecule has 0 spiro atoms. The number of nitrogens with zero attached hydrogens (tertiary/aromatic N) is 5. The zero-order valence-corrected chi connectivity index (χ0v) is 45.9. The second kappa shape index (κ2) is 27.9. The van der Waals surface area contributed by atoms with Gasteiger partial charge in [-0.05, 0) is 82.2 Å². The van der Waals surface area contributed by atoms with Crippen molar-refractivity contribution < 1.29 is 57.7 Å². The maximum Gasteiger partial charge on any atom is 0.313 e. The van der Waals surface area contributed by atoms with Crippen LogP contribution in [0.4, 0.5) is 5.69 Å². The third-order valence-corrected chi connectivity index (χ3v) is 14.3. The molecule has 0 saturated carbocycles. The first-order valence-electron chi connectivity index (χ1n) is 24.0. The Hall–Kier alpha value is -5.80. The summed E-state index contributed by atoms with van der Waals surface area (Å²) in [5.41, 5.74) is -0.182. The van der Waals surface area contributed by atoms with Gasteiger partial charge in [-0.3, -0.25) is 48.1 Å². The molecule has 72 heavy (non-hydrogen) atoms. The van der Waals surface area contributed by atoms with E-state index in [1.165, 1.54) is 42.4 Å². The number of hydrazine groups is 1. The maximum atomic E-state index is 14.4. The highest BCUT2D eigenvalue weighted by molar-refractivity contribution is 9.11. The van der Waals surface area contributed by atoms with E-state index in [1.807, 2.05) is 60.5 Å². The number of aromatic nitrogens is 1. The van der Waals surface area contributed by atoms with Crippen LogP contribution in [0.3, 0.4) is 0 Å². The highest BCUT2D eigenvalue weighted by atomic mass is 79.9. The van der Waals surface area contributed by atoms with Gasteiger partial charge in [0.2, 0.25) is 11.8 Å². The molecule has 1 aromatic carbocycles. The monoisotopic (exact) mass is 1090 g/mol. The second-order valence-electron chi connectivity index (χ2n) is 19.2. The average Bonchev–Trinajstić information content (AvgIpc) is 3.81. The highest BCUT2D eigenvalue weighted by Gasteiger charge is 2.39. The van der Waals surface area contributed by atoms with Gasteiger partial charge < -0.3 is 30.1 Å². The Morgan fingerprint density at radius 3 is 2.21 bits per heavy atom. The van der Waals surface area contributed by atoms with Crippen molar-refractivity contribution in [1.29, 1.82) is 0 Å². The first kappa shape index (κ1) is 60.5. The fraction of sp³-hybridized carbons (Fsp3) is 0.569. The fourth-order valence-electron chi connectivity index (χ4n) is 7.99. The number of carboxylic acids is 1. The van der Waals surface area contributed by atoms with E-state index < -0.39 is 77.1 Å². The van der Waals surface area contributed by atoms with Crippen LogP contribution in [0.5, 0.6) is 5.75 Å². The van der Waals surface area contributed by atoms with E-state index >= 15 is 0 Å². The Balaban J connectivity index is 1.93. The van der Waals surface area contributed by atoms with E-state index in [9.17, 15) is 48.3 Å². The number of fused-ring (bicyclic) bond motifs is 1. The predicted molar refractivity (Wildman–Crippen MR) is 276 cm³/mol. The quantitative estimate of drug-likeness (QED) is 0.0630. The number of hydrogen-bond acceptors (Lipinski definition) is 14. The molecule has 19 nitrogen and oxygen atoms in total. The van der Waals surface area contributed by atoms with Crippen molar-refractivity contribution in [2.45, 2.75) is 131 Å². The molecule has 5 amide bonds. The van der Waals surface area contributed by atoms with E-state index in [1.54, 1.807) is 31.0 Å². The normalized spacial score (nSPS) is 16.4. The third-order valence-electron chi connectivity index (χ3n) is 13.1. The maximum absolute atomic E-state index is 14.4. The number of halogens is 1. The van der Waals surface area contributed by atoms with Crippen LogP contribution in [0.2, 0.25) is 0 Å². The Labute approximate surface area is 435 Å². The lowest BCUT2D eigenvalue weighted by Crippen LogP contribution is -2.50. The number of carbonyl (C=O) groups is 9. The summed E-state index contributed by atoms with van der Waals surface area (Å²) in [6, 6.07) is 3.33. The van der Waals surface area contributed by atoms with Gasteiger partial charge in [-0.2, -0.15) is 0 Å². The summed E-state index contributed by atoms with van der Waals surface area (Å²) in [7, 11) is 5.34. The van der Waals surface area contributed by atoms with E-state index in [0.29, 0.717) is 17.0 Å². The fourth-order valence-corrected chi connectivity index (χ4v) is 9.06. The molecule has 1 aliphatic heterocycles. The molecule has 0 aliphatic carbocycles. The number of thiazole rings is 1. The van der Waals surface area contributed by atoms with Crippen molar-refractivity contribution in [3.63, 3.8) is 0 Å². The summed E-state index contributed by atoms with van der Waals surface area (Å²) >= 11 is 4.15. The summed E-state index contributed by atoms with van der Waals surface area (Å²) in [5, 5.41) is 19.5. The van der Waals surface area contributed by atoms with Gasteiger partial charge >= 0.3 is 17.9 Å². The molecule has 2 aromatic rings. The Morgan fingerprint density at radius 1 is 1.00 bits per heavy atom. The molecule has 0 radical (unpaired) electrons. The Kier molecular flexibility index (Phi) is 23.4. The van der Waals surface area contributed by atoms with Crippen molar-refractivity contribution >= 4 is 86.2 Å². The van der Waals surface area contributed by atoms with E-state index in [-0.39, 0.29) is 92.3 Å². The van der Waals surface area contributed by atoms with E-state index in [4.69, 9.17) is 9.47 Å². The number of likely N-dealkylation sites (N-methyl/N-ethyl adjacent to an activating group) is 1. The first-order chi connectivity index (χ1) is 33.7. The molecule has 6 atom stereocenters. The number of ether oxygens (including phenoxy) is 2. The molecule has 0 bridgehead atoms. The second-order valence-corrected chi connectivity index (χ2v) is 20.6. The number of hydrogen-bond donors (Lipinski definition) is 3. The van der Waals surface area contributed by atoms with Crippen LogP contribution in [0.1, 0.15) is 128 Å². The molecular formula is C51H72BrN7O12S. The van der Waals surface area contributed by atoms with Gasteiger partial charge in [-0.15, -0.1) is 11.3 Å². The summed E-state index contributed by atoms with van der Waals surface area (Å²) in [4.78, 5) is 129. The van der Waals surface area contributed by atoms with Crippen LogP contribution in [0, 0.1) is 23.7 Å². The lowest BCUT2D eigenvalue weighted by atomic mass is 9.81. The van der Waals surface area contributed by atoms with Gasteiger partial charge in [0, 0.05) is 68.8 Å². The number of benzene rings is 1. The number of anilines is 1. The van der Waals surface area contributed by atoms with Crippen LogP contribution in [-0.2, 0) is 49.5 Å². The number of Topliss-reactive ketones (excluding diaryl/α,β-unsaturated/α-hetero) is 1. The van der Waals surface area contributed by atoms with Gasteiger partial charge in [-0.25, -0.2) is 15.0 Å². The molecular weight excluding hydrogens is 1010 g/mol. The number of carbonyl (C=O) groups excluding carboxylic acids is 8. The minimum Gasteiger partial charge on any atom is -0.481 e. The van der Waals surface area contributed by atoms with Crippen LogP contribution < -0.4 is 15.4 Å². The average molecular weight is 1090 g/mol. The van der Waals surface area contributed by atoms with Gasteiger partial charge in [0.25, 0.3) is 17.7 Å². The number of amides is 5. The standard InChI is InChI=1S/C51H72BrN7O12S/c1-13-15-44(63)59-23-20-46(65)71-40-17-16-34(26-37(40)54-43(62)19-22-58(59)45(64)18-21-52)25-35(24-32(6)50(68)69)53-47(66)38-29-72-48(55-38)41(70-33(7)60)28-39(30(3)4)57(12)49(67)36(31(5)14-2)27-42(61)51(8,9)56(10)11/h13,15-18,21,26,29-32,35-36,39,41H,14,19-20,22-25,27-28H2,1-12H3,(H,53,66)(H,54,62)(H,68,69)/b15-13+,21-18+/t31-,32?,35+,36-,39+,41+/m0/s1. The zero-order valence-electron chi connectivity index (χ0n) is 43.5. The SMILES string of the molecule is C/C=C/C(=O)N1CCC(=O)Oc2ccc(C[C@@H](CC(C)C(=O)O)NC(=O)c3csc([C@@H](C[C@H](C(C)C)N(C)C(=O)[C@@H](CC(=O)C(C)(C)N(C)C)[C@@H](C)CC)OC(C)=O)n3)cc2NC(=O)CCN1C(=O)/C=C/Br. The molecule has 1 aliphatic rings. The number of ketones is 1. The number of esters is 2. The topological polar surface area (TPSA) is 242 Å². The molecule has 0 fully saturated rings. The molecule has 1 aromatic heterocycles. The van der Waals surface area contributed by atoms with Crippen LogP contribution in [0.25, 0.3) is 0 Å². The molecule has 1 unspecified atom stereocenters.